The van der Waals surface area contributed by atoms with Crippen molar-refractivity contribution in [2.24, 2.45) is 0 Å². The Labute approximate surface area is 73.5 Å². The van der Waals surface area contributed by atoms with Gasteiger partial charge in [-0.2, -0.15) is 0 Å². The number of hydrogen-bond donors (Lipinski definition) is 1. The standard InChI is InChI=1S/C8H15NO2S/c1-7(3-4-7)12(10,11)8(9-2)5-6-8/h9H,3-6H2,1-2H3. The topological polar surface area (TPSA) is 46.2 Å². The van der Waals surface area contributed by atoms with Crippen LogP contribution in [0.4, 0.5) is 0 Å². The van der Waals surface area contributed by atoms with Crippen LogP contribution in [-0.4, -0.2) is 25.1 Å². The van der Waals surface area contributed by atoms with Crippen molar-refractivity contribution in [3.05, 3.63) is 0 Å². The minimum atomic E-state index is -2.91. The molecular weight excluding hydrogens is 174 g/mol. The van der Waals surface area contributed by atoms with Crippen LogP contribution in [0.3, 0.4) is 0 Å². The molecule has 2 aliphatic carbocycles. The second-order valence-corrected chi connectivity index (χ2v) is 6.97. The molecule has 12 heavy (non-hydrogen) atoms. The Bertz CT molecular complexity index is 299. The van der Waals surface area contributed by atoms with E-state index in [2.05, 4.69) is 5.32 Å². The summed E-state index contributed by atoms with van der Waals surface area (Å²) in [5.41, 5.74) is 0. The Morgan fingerprint density at radius 1 is 1.17 bits per heavy atom. The number of sulfone groups is 1. The van der Waals surface area contributed by atoms with Crippen molar-refractivity contribution in [2.45, 2.75) is 42.2 Å². The van der Waals surface area contributed by atoms with Crippen molar-refractivity contribution in [3.8, 4) is 0 Å². The first-order chi connectivity index (χ1) is 5.47. The lowest BCUT2D eigenvalue weighted by Crippen LogP contribution is -2.42. The first kappa shape index (κ1) is 8.51. The van der Waals surface area contributed by atoms with Gasteiger partial charge in [-0.05, 0) is 39.7 Å². The molecule has 0 unspecified atom stereocenters. The van der Waals surface area contributed by atoms with Gasteiger partial charge in [0, 0.05) is 0 Å². The van der Waals surface area contributed by atoms with Crippen LogP contribution in [0.15, 0.2) is 0 Å². The minimum absolute atomic E-state index is 0.396. The molecule has 0 aromatic heterocycles. The fraction of sp³-hybridized carbons (Fsp3) is 1.00. The van der Waals surface area contributed by atoms with Crippen molar-refractivity contribution in [1.82, 2.24) is 5.32 Å². The predicted octanol–water partition coefficient (Wildman–Crippen LogP) is 0.663. The van der Waals surface area contributed by atoms with Crippen molar-refractivity contribution in [2.75, 3.05) is 7.05 Å². The largest absolute Gasteiger partial charge is 0.302 e. The molecule has 3 nitrogen and oxygen atoms in total. The summed E-state index contributed by atoms with van der Waals surface area (Å²) in [4.78, 5) is -0.543. The van der Waals surface area contributed by atoms with Crippen molar-refractivity contribution in [1.29, 1.82) is 0 Å². The van der Waals surface area contributed by atoms with Gasteiger partial charge in [-0.15, -0.1) is 0 Å². The zero-order chi connectivity index (χ0) is 9.04. The highest BCUT2D eigenvalue weighted by Gasteiger charge is 2.64. The van der Waals surface area contributed by atoms with Gasteiger partial charge in [-0.3, -0.25) is 0 Å². The highest BCUT2D eigenvalue weighted by Crippen LogP contribution is 2.54. The van der Waals surface area contributed by atoms with Gasteiger partial charge < -0.3 is 5.32 Å². The van der Waals surface area contributed by atoms with Crippen LogP contribution in [-0.2, 0) is 9.84 Å². The molecule has 0 heterocycles. The van der Waals surface area contributed by atoms with E-state index in [1.54, 1.807) is 7.05 Å². The van der Waals surface area contributed by atoms with Crippen molar-refractivity contribution >= 4 is 9.84 Å². The van der Waals surface area contributed by atoms with E-state index in [-0.39, 0.29) is 0 Å². The summed E-state index contributed by atoms with van der Waals surface area (Å²) < 4.78 is 23.5. The summed E-state index contributed by atoms with van der Waals surface area (Å²) in [6, 6.07) is 0. The zero-order valence-corrected chi connectivity index (χ0v) is 8.37. The van der Waals surface area contributed by atoms with Gasteiger partial charge in [0.05, 0.1) is 4.75 Å². The molecule has 2 saturated carbocycles. The van der Waals surface area contributed by atoms with Gasteiger partial charge >= 0.3 is 0 Å². The summed E-state index contributed by atoms with van der Waals surface area (Å²) in [6.45, 7) is 1.86. The smallest absolute Gasteiger partial charge is 0.174 e. The van der Waals surface area contributed by atoms with E-state index in [9.17, 15) is 8.42 Å². The normalized spacial score (nSPS) is 29.8. The molecule has 0 amide bonds. The van der Waals surface area contributed by atoms with Gasteiger partial charge in [-0.1, -0.05) is 0 Å². The molecule has 70 valence electrons. The van der Waals surface area contributed by atoms with Gasteiger partial charge in [0.1, 0.15) is 4.87 Å². The lowest BCUT2D eigenvalue weighted by Gasteiger charge is -2.19. The molecule has 0 radical (unpaired) electrons. The van der Waals surface area contributed by atoms with E-state index in [0.29, 0.717) is 0 Å². The summed E-state index contributed by atoms with van der Waals surface area (Å²) >= 11 is 0. The van der Waals surface area contributed by atoms with Gasteiger partial charge in [0.15, 0.2) is 9.84 Å². The van der Waals surface area contributed by atoms with Gasteiger partial charge in [-0.25, -0.2) is 8.42 Å². The molecule has 0 aliphatic heterocycles. The zero-order valence-electron chi connectivity index (χ0n) is 7.55. The molecule has 0 aromatic rings. The monoisotopic (exact) mass is 189 g/mol. The van der Waals surface area contributed by atoms with Crippen LogP contribution in [0.5, 0.6) is 0 Å². The van der Waals surface area contributed by atoms with E-state index < -0.39 is 19.5 Å². The van der Waals surface area contributed by atoms with Crippen LogP contribution in [0.25, 0.3) is 0 Å². The summed E-state index contributed by atoms with van der Waals surface area (Å²) in [6.07, 6.45) is 3.28. The number of hydrogen-bond acceptors (Lipinski definition) is 3. The third-order valence-corrected chi connectivity index (χ3v) is 6.62. The van der Waals surface area contributed by atoms with E-state index >= 15 is 0 Å². The predicted molar refractivity (Wildman–Crippen MR) is 47.6 cm³/mol. The Morgan fingerprint density at radius 3 is 1.92 bits per heavy atom. The molecule has 2 aliphatic rings. The van der Waals surface area contributed by atoms with Crippen LogP contribution in [0, 0.1) is 0 Å². The first-order valence-corrected chi connectivity index (χ1v) is 5.89. The van der Waals surface area contributed by atoms with E-state index in [1.165, 1.54) is 0 Å². The Morgan fingerprint density at radius 2 is 1.67 bits per heavy atom. The molecule has 4 heteroatoms. The molecule has 0 bridgehead atoms. The summed E-state index contributed by atoms with van der Waals surface area (Å²) in [7, 11) is -1.17. The van der Waals surface area contributed by atoms with Gasteiger partial charge in [0.25, 0.3) is 0 Å². The van der Waals surface area contributed by atoms with E-state index in [1.807, 2.05) is 6.92 Å². The molecule has 1 N–H and O–H groups in total. The second-order valence-electron chi connectivity index (χ2n) is 4.20. The van der Waals surface area contributed by atoms with Crippen LogP contribution in [0.1, 0.15) is 32.6 Å². The van der Waals surface area contributed by atoms with Crippen LogP contribution < -0.4 is 5.32 Å². The summed E-state index contributed by atoms with van der Waals surface area (Å²) in [5.74, 6) is 0. The Kier molecular flexibility index (Phi) is 1.45. The Balaban J connectivity index is 2.33. The average Bonchev–Trinajstić information content (AvgIpc) is 2.81. The number of nitrogens with one attached hydrogen (secondary N) is 1. The third kappa shape index (κ3) is 0.823. The fourth-order valence-electron chi connectivity index (χ4n) is 1.68. The molecule has 0 saturated heterocycles. The lowest BCUT2D eigenvalue weighted by molar-refractivity contribution is 0.546. The maximum atomic E-state index is 12.0. The maximum absolute atomic E-state index is 12.0. The second kappa shape index (κ2) is 2.04. The quantitative estimate of drug-likeness (QED) is 0.709. The van der Waals surface area contributed by atoms with E-state index in [0.717, 1.165) is 25.7 Å². The Hall–Kier alpha value is -0.0900. The average molecular weight is 189 g/mol. The molecule has 0 spiro atoms. The lowest BCUT2D eigenvalue weighted by atomic mass is 10.5. The molecule has 2 fully saturated rings. The van der Waals surface area contributed by atoms with Crippen LogP contribution >= 0.6 is 0 Å². The summed E-state index contributed by atoms with van der Waals surface area (Å²) in [5, 5.41) is 2.95. The van der Waals surface area contributed by atoms with Crippen molar-refractivity contribution in [3.63, 3.8) is 0 Å². The molecule has 0 aromatic carbocycles. The molecule has 2 rings (SSSR count). The SMILES string of the molecule is CNC1(S(=O)(=O)C2(C)CC2)CC1. The molecule has 0 atom stereocenters. The minimum Gasteiger partial charge on any atom is -0.302 e. The third-order valence-electron chi connectivity index (χ3n) is 3.28. The van der Waals surface area contributed by atoms with E-state index in [4.69, 9.17) is 0 Å². The first-order valence-electron chi connectivity index (χ1n) is 4.41. The maximum Gasteiger partial charge on any atom is 0.174 e. The highest BCUT2D eigenvalue weighted by atomic mass is 32.2. The van der Waals surface area contributed by atoms with Gasteiger partial charge in [0.2, 0.25) is 0 Å². The molecular formula is C8H15NO2S. The highest BCUT2D eigenvalue weighted by molar-refractivity contribution is 7.94. The van der Waals surface area contributed by atoms with Crippen molar-refractivity contribution < 1.29 is 8.42 Å². The fourth-order valence-corrected chi connectivity index (χ4v) is 4.17. The number of rotatable bonds is 3. The van der Waals surface area contributed by atoms with Crippen LogP contribution in [0.2, 0.25) is 0 Å².